The zero-order valence-corrected chi connectivity index (χ0v) is 18.4. The fourth-order valence-electron chi connectivity index (χ4n) is 4.24. The summed E-state index contributed by atoms with van der Waals surface area (Å²) in [7, 11) is 0. The molecule has 0 aromatic rings. The Bertz CT molecular complexity index is 513. The van der Waals surface area contributed by atoms with E-state index in [0.29, 0.717) is 18.8 Å². The molecule has 0 spiro atoms. The van der Waals surface area contributed by atoms with Gasteiger partial charge in [-0.25, -0.2) is 0 Å². The van der Waals surface area contributed by atoms with Crippen LogP contribution in [0.3, 0.4) is 0 Å². The Morgan fingerprint density at radius 1 is 1.24 bits per heavy atom. The first-order valence-corrected chi connectivity index (χ1v) is 11.9. The Morgan fingerprint density at radius 2 is 1.97 bits per heavy atom. The molecule has 1 amide bonds. The van der Waals surface area contributed by atoms with Crippen molar-refractivity contribution in [2.45, 2.75) is 87.9 Å². The number of carbonyl (C=O) groups is 1. The molecular formula is C20H37FN2O5S. The van der Waals surface area contributed by atoms with Gasteiger partial charge >= 0.3 is 0 Å². The molecule has 170 valence electrons. The highest BCUT2D eigenvalue weighted by Gasteiger charge is 2.47. The van der Waals surface area contributed by atoms with Crippen LogP contribution in [-0.4, -0.2) is 82.6 Å². The number of unbranched alkanes of at least 4 members (excludes halogenated alkanes) is 1. The summed E-state index contributed by atoms with van der Waals surface area (Å²) < 4.78 is 18.2. The molecule has 2 aliphatic heterocycles. The van der Waals surface area contributed by atoms with Crippen molar-refractivity contribution in [3.63, 3.8) is 0 Å². The number of hydrogen-bond acceptors (Lipinski definition) is 7. The van der Waals surface area contributed by atoms with E-state index in [2.05, 4.69) is 10.6 Å². The lowest BCUT2D eigenvalue weighted by Crippen LogP contribution is -2.65. The number of halogens is 1. The van der Waals surface area contributed by atoms with E-state index >= 15 is 0 Å². The number of piperidine rings is 1. The number of amides is 1. The number of rotatable bonds is 9. The molecule has 2 saturated heterocycles. The quantitative estimate of drug-likeness (QED) is 0.340. The minimum absolute atomic E-state index is 0.0486. The third kappa shape index (κ3) is 6.51. The van der Waals surface area contributed by atoms with E-state index in [1.165, 1.54) is 11.8 Å². The molecule has 5 N–H and O–H groups in total. The van der Waals surface area contributed by atoms with Crippen molar-refractivity contribution < 1.29 is 29.2 Å². The molecule has 2 rings (SSSR count). The summed E-state index contributed by atoms with van der Waals surface area (Å²) in [4.78, 5) is 12.9. The van der Waals surface area contributed by atoms with Crippen molar-refractivity contribution >= 4 is 17.7 Å². The minimum atomic E-state index is -1.34. The maximum absolute atomic E-state index is 12.9. The lowest BCUT2D eigenvalue weighted by Gasteiger charge is -2.44. The molecule has 8 atom stereocenters. The summed E-state index contributed by atoms with van der Waals surface area (Å²) >= 11 is 1.25. The van der Waals surface area contributed by atoms with Crippen LogP contribution in [0.25, 0.3) is 0 Å². The van der Waals surface area contributed by atoms with Crippen LogP contribution in [0.1, 0.15) is 46.0 Å². The molecule has 0 saturated carbocycles. The molecule has 8 unspecified atom stereocenters. The second kappa shape index (κ2) is 11.8. The Balaban J connectivity index is 2.01. The van der Waals surface area contributed by atoms with Gasteiger partial charge in [-0.05, 0) is 43.9 Å². The van der Waals surface area contributed by atoms with Crippen molar-refractivity contribution in [2.75, 3.05) is 19.5 Å². The van der Waals surface area contributed by atoms with Crippen LogP contribution in [0.2, 0.25) is 0 Å². The Labute approximate surface area is 177 Å². The number of aliphatic hydroxyl groups excluding tert-OH is 3. The van der Waals surface area contributed by atoms with E-state index in [1.807, 2.05) is 13.8 Å². The van der Waals surface area contributed by atoms with Gasteiger partial charge in [0.25, 0.3) is 0 Å². The maximum atomic E-state index is 12.9. The molecule has 7 nitrogen and oxygen atoms in total. The smallest absolute Gasteiger partial charge is 0.237 e. The lowest BCUT2D eigenvalue weighted by atomic mass is 9.86. The highest BCUT2D eigenvalue weighted by Crippen LogP contribution is 2.30. The molecule has 2 fully saturated rings. The normalized spacial score (nSPS) is 36.8. The van der Waals surface area contributed by atoms with Crippen LogP contribution in [-0.2, 0) is 9.53 Å². The van der Waals surface area contributed by atoms with Gasteiger partial charge in [0.05, 0.1) is 18.8 Å². The summed E-state index contributed by atoms with van der Waals surface area (Å²) in [6.07, 6.45) is 1.12. The molecule has 0 bridgehead atoms. The standard InChI is InChI=1S/C20H37FN2O5S/c1-11(2)14(18-16(25)15(24)17(26)20(28-18)29-3)23-19(27)13-10-12(7-9-22-13)6-4-5-8-21/h11-18,20,22,24-26H,4-10H2,1-3H3,(H,23,27). The lowest BCUT2D eigenvalue weighted by molar-refractivity contribution is -0.208. The SMILES string of the molecule is CSC1OC(C(NC(=O)C2CC(CCCCF)CCN2)C(C)C)C(O)C(O)C1O. The molecule has 9 heteroatoms. The van der Waals surface area contributed by atoms with E-state index in [0.717, 1.165) is 25.8 Å². The number of thioether (sulfide) groups is 1. The van der Waals surface area contributed by atoms with Crippen molar-refractivity contribution in [1.82, 2.24) is 10.6 Å². The fourth-order valence-corrected chi connectivity index (χ4v) is 4.92. The summed E-state index contributed by atoms with van der Waals surface area (Å²) in [6, 6.07) is -0.851. The highest BCUT2D eigenvalue weighted by molar-refractivity contribution is 7.99. The number of hydrogen-bond donors (Lipinski definition) is 5. The first kappa shape index (κ1) is 24.8. The predicted molar refractivity (Wildman–Crippen MR) is 111 cm³/mol. The van der Waals surface area contributed by atoms with Gasteiger partial charge in [-0.15, -0.1) is 11.8 Å². The molecule has 2 heterocycles. The molecule has 0 radical (unpaired) electrons. The minimum Gasteiger partial charge on any atom is -0.388 e. The van der Waals surface area contributed by atoms with Crippen molar-refractivity contribution in [3.8, 4) is 0 Å². The van der Waals surface area contributed by atoms with Crippen LogP contribution in [0.4, 0.5) is 4.39 Å². The summed E-state index contributed by atoms with van der Waals surface area (Å²) in [6.45, 7) is 4.28. The average Bonchev–Trinajstić information content (AvgIpc) is 2.71. The summed E-state index contributed by atoms with van der Waals surface area (Å²) in [5.74, 6) is 0.189. The van der Waals surface area contributed by atoms with Crippen molar-refractivity contribution in [3.05, 3.63) is 0 Å². The Kier molecular flexibility index (Phi) is 10.1. The van der Waals surface area contributed by atoms with Crippen molar-refractivity contribution in [2.24, 2.45) is 11.8 Å². The van der Waals surface area contributed by atoms with Gasteiger partial charge in [0, 0.05) is 0 Å². The largest absolute Gasteiger partial charge is 0.388 e. The second-order valence-electron chi connectivity index (χ2n) is 8.54. The first-order chi connectivity index (χ1) is 13.8. The van der Waals surface area contributed by atoms with Gasteiger partial charge in [0.2, 0.25) is 5.91 Å². The average molecular weight is 437 g/mol. The van der Waals surface area contributed by atoms with Crippen molar-refractivity contribution in [1.29, 1.82) is 0 Å². The summed E-state index contributed by atoms with van der Waals surface area (Å²) in [5, 5.41) is 37.0. The monoisotopic (exact) mass is 436 g/mol. The Morgan fingerprint density at radius 3 is 2.59 bits per heavy atom. The number of nitrogens with one attached hydrogen (secondary N) is 2. The van der Waals surface area contributed by atoms with Gasteiger partial charge in [-0.3, -0.25) is 9.18 Å². The van der Waals surface area contributed by atoms with Gasteiger partial charge in [0.15, 0.2) is 0 Å². The number of ether oxygens (including phenoxy) is 1. The van der Waals surface area contributed by atoms with Gasteiger partial charge < -0.3 is 30.7 Å². The van der Waals surface area contributed by atoms with Crippen LogP contribution in [0.15, 0.2) is 0 Å². The van der Waals surface area contributed by atoms with E-state index in [4.69, 9.17) is 4.74 Å². The van der Waals surface area contributed by atoms with Crippen LogP contribution in [0.5, 0.6) is 0 Å². The molecular weight excluding hydrogens is 399 g/mol. The predicted octanol–water partition coefficient (Wildman–Crippen LogP) is 0.806. The molecule has 29 heavy (non-hydrogen) atoms. The molecule has 0 aliphatic carbocycles. The third-order valence-electron chi connectivity index (χ3n) is 6.04. The highest BCUT2D eigenvalue weighted by atomic mass is 32.2. The van der Waals surface area contributed by atoms with Gasteiger partial charge in [-0.2, -0.15) is 0 Å². The first-order valence-electron chi connectivity index (χ1n) is 10.6. The fraction of sp³-hybridized carbons (Fsp3) is 0.950. The molecule has 2 aliphatic rings. The summed E-state index contributed by atoms with van der Waals surface area (Å²) in [5.41, 5.74) is -0.677. The van der Waals surface area contributed by atoms with Crippen LogP contribution in [0, 0.1) is 11.8 Å². The van der Waals surface area contributed by atoms with E-state index in [-0.39, 0.29) is 24.5 Å². The maximum Gasteiger partial charge on any atom is 0.237 e. The van der Waals surface area contributed by atoms with Gasteiger partial charge in [-0.1, -0.05) is 26.7 Å². The number of alkyl halides is 1. The topological polar surface area (TPSA) is 111 Å². The molecule has 0 aromatic heterocycles. The number of aliphatic hydroxyl groups is 3. The van der Waals surface area contributed by atoms with Crippen LogP contribution < -0.4 is 10.6 Å². The Hall–Kier alpha value is -0.450. The zero-order valence-electron chi connectivity index (χ0n) is 17.6. The van der Waals surface area contributed by atoms with Gasteiger partial charge in [0.1, 0.15) is 29.9 Å². The van der Waals surface area contributed by atoms with E-state index < -0.39 is 35.9 Å². The number of carbonyl (C=O) groups excluding carboxylic acids is 1. The second-order valence-corrected chi connectivity index (χ2v) is 9.47. The zero-order chi connectivity index (χ0) is 21.6. The third-order valence-corrected chi connectivity index (χ3v) is 6.90. The van der Waals surface area contributed by atoms with E-state index in [9.17, 15) is 24.5 Å². The van der Waals surface area contributed by atoms with E-state index in [1.54, 1.807) is 6.26 Å². The van der Waals surface area contributed by atoms with Crippen LogP contribution >= 0.6 is 11.8 Å². The molecule has 0 aromatic carbocycles.